The minimum Gasteiger partial charge on any atom is -0.508 e. The molecule has 1 saturated carbocycles. The van der Waals surface area contributed by atoms with Crippen LogP contribution >= 0.6 is 0 Å². The van der Waals surface area contributed by atoms with E-state index in [1.807, 2.05) is 12.1 Å². The van der Waals surface area contributed by atoms with Gasteiger partial charge >= 0.3 is 0 Å². The molecule has 0 spiro atoms. The number of aromatic hydroxyl groups is 1. The summed E-state index contributed by atoms with van der Waals surface area (Å²) in [4.78, 5) is 0. The highest BCUT2D eigenvalue weighted by Crippen LogP contribution is 2.49. The lowest BCUT2D eigenvalue weighted by atomic mass is 9.98. The predicted molar refractivity (Wildman–Crippen MR) is 63.3 cm³/mol. The van der Waals surface area contributed by atoms with Crippen LogP contribution < -0.4 is 0 Å². The molecule has 1 aliphatic carbocycles. The van der Waals surface area contributed by atoms with Crippen LogP contribution in [0.2, 0.25) is 0 Å². The van der Waals surface area contributed by atoms with E-state index in [0.29, 0.717) is 0 Å². The van der Waals surface area contributed by atoms with Crippen molar-refractivity contribution in [1.82, 2.24) is 0 Å². The maximum atomic E-state index is 11.6. The van der Waals surface area contributed by atoms with Crippen LogP contribution in [-0.2, 0) is 15.3 Å². The second-order valence-corrected chi connectivity index (χ2v) is 6.86. The molecular weight excluding hydrogens is 224 g/mol. The van der Waals surface area contributed by atoms with E-state index in [1.165, 1.54) is 0 Å². The van der Waals surface area contributed by atoms with E-state index < -0.39 is 9.84 Å². The van der Waals surface area contributed by atoms with Crippen molar-refractivity contribution in [2.45, 2.75) is 25.2 Å². The molecule has 0 unspecified atom stereocenters. The lowest BCUT2D eigenvalue weighted by molar-refractivity contribution is 0.475. The molecule has 4 heteroatoms. The Kier molecular flexibility index (Phi) is 2.70. The summed E-state index contributed by atoms with van der Waals surface area (Å²) in [6, 6.07) is 6.89. The lowest BCUT2D eigenvalue weighted by Gasteiger charge is -2.15. The van der Waals surface area contributed by atoms with Crippen LogP contribution in [0.15, 0.2) is 24.3 Å². The SMILES string of the molecule is CCS(=O)(=O)CC1(c2ccc(O)cc2)CC1. The monoisotopic (exact) mass is 240 g/mol. The number of hydrogen-bond donors (Lipinski definition) is 1. The zero-order valence-corrected chi connectivity index (χ0v) is 10.1. The molecule has 3 nitrogen and oxygen atoms in total. The molecule has 0 aliphatic heterocycles. The molecule has 0 amide bonds. The summed E-state index contributed by atoms with van der Waals surface area (Å²) >= 11 is 0. The van der Waals surface area contributed by atoms with Crippen LogP contribution in [0.3, 0.4) is 0 Å². The van der Waals surface area contributed by atoms with Crippen molar-refractivity contribution in [2.24, 2.45) is 0 Å². The molecular formula is C12H16O3S. The van der Waals surface area contributed by atoms with Crippen LogP contribution in [-0.4, -0.2) is 25.0 Å². The van der Waals surface area contributed by atoms with Crippen molar-refractivity contribution < 1.29 is 13.5 Å². The zero-order chi connectivity index (χ0) is 11.8. The summed E-state index contributed by atoms with van der Waals surface area (Å²) in [6.45, 7) is 1.68. The first-order valence-corrected chi connectivity index (χ1v) is 7.29. The maximum absolute atomic E-state index is 11.6. The van der Waals surface area contributed by atoms with Crippen LogP contribution in [0.4, 0.5) is 0 Å². The summed E-state index contributed by atoms with van der Waals surface area (Å²) in [7, 11) is -2.94. The number of phenolic OH excluding ortho intramolecular Hbond substituents is 1. The van der Waals surface area contributed by atoms with E-state index >= 15 is 0 Å². The fraction of sp³-hybridized carbons (Fsp3) is 0.500. The third-order valence-electron chi connectivity index (χ3n) is 3.27. The Balaban J connectivity index is 2.24. The molecule has 2 rings (SSSR count). The number of hydrogen-bond acceptors (Lipinski definition) is 3. The minimum atomic E-state index is -2.94. The molecule has 0 aromatic heterocycles. The first kappa shape index (κ1) is 11.5. The topological polar surface area (TPSA) is 54.4 Å². The van der Waals surface area contributed by atoms with Crippen LogP contribution in [0.25, 0.3) is 0 Å². The number of sulfone groups is 1. The molecule has 1 N–H and O–H groups in total. The van der Waals surface area contributed by atoms with Gasteiger partial charge in [0.1, 0.15) is 5.75 Å². The van der Waals surface area contributed by atoms with E-state index in [9.17, 15) is 13.5 Å². The average molecular weight is 240 g/mol. The van der Waals surface area contributed by atoms with E-state index in [4.69, 9.17) is 0 Å². The van der Waals surface area contributed by atoms with Gasteiger partial charge in [-0.25, -0.2) is 8.42 Å². The summed E-state index contributed by atoms with van der Waals surface area (Å²) in [6.07, 6.45) is 1.86. The van der Waals surface area contributed by atoms with E-state index in [-0.39, 0.29) is 22.7 Å². The minimum absolute atomic E-state index is 0.178. The van der Waals surface area contributed by atoms with Crippen molar-refractivity contribution in [3.05, 3.63) is 29.8 Å². The van der Waals surface area contributed by atoms with E-state index in [1.54, 1.807) is 19.1 Å². The largest absolute Gasteiger partial charge is 0.508 e. The first-order valence-electron chi connectivity index (χ1n) is 5.47. The third-order valence-corrected chi connectivity index (χ3v) is 5.14. The van der Waals surface area contributed by atoms with Crippen molar-refractivity contribution in [3.8, 4) is 5.75 Å². The van der Waals surface area contributed by atoms with Gasteiger partial charge in [-0.2, -0.15) is 0 Å². The summed E-state index contributed by atoms with van der Waals surface area (Å²) in [5.41, 5.74) is 0.852. The number of phenols is 1. The van der Waals surface area contributed by atoms with Gasteiger partial charge in [-0.05, 0) is 30.5 Å². The van der Waals surface area contributed by atoms with Gasteiger partial charge in [0.05, 0.1) is 5.75 Å². The van der Waals surface area contributed by atoms with Crippen LogP contribution in [0.5, 0.6) is 5.75 Å². The van der Waals surface area contributed by atoms with Gasteiger partial charge in [0.25, 0.3) is 0 Å². The molecule has 0 heterocycles. The Bertz CT molecular complexity index is 469. The van der Waals surface area contributed by atoms with Gasteiger partial charge in [-0.15, -0.1) is 0 Å². The molecule has 1 aromatic rings. The fourth-order valence-corrected chi connectivity index (χ4v) is 3.51. The summed E-state index contributed by atoms with van der Waals surface area (Å²) in [5, 5.41) is 9.20. The van der Waals surface area contributed by atoms with Crippen LogP contribution in [0, 0.1) is 0 Å². The van der Waals surface area contributed by atoms with Crippen molar-refractivity contribution >= 4 is 9.84 Å². The Morgan fingerprint density at radius 3 is 2.25 bits per heavy atom. The standard InChI is InChI=1S/C12H16O3S/c1-2-16(14,15)9-12(7-8-12)10-3-5-11(13)6-4-10/h3-6,13H,2,7-9H2,1H3. The molecule has 1 aromatic carbocycles. The molecule has 0 atom stereocenters. The van der Waals surface area contributed by atoms with Gasteiger partial charge in [0, 0.05) is 11.2 Å². The van der Waals surface area contributed by atoms with Gasteiger partial charge in [-0.3, -0.25) is 0 Å². The van der Waals surface area contributed by atoms with Crippen LogP contribution in [0.1, 0.15) is 25.3 Å². The Hall–Kier alpha value is -1.03. The van der Waals surface area contributed by atoms with Crippen molar-refractivity contribution in [1.29, 1.82) is 0 Å². The lowest BCUT2D eigenvalue weighted by Crippen LogP contribution is -2.22. The maximum Gasteiger partial charge on any atom is 0.150 e. The molecule has 0 saturated heterocycles. The molecule has 0 radical (unpaired) electrons. The number of benzene rings is 1. The van der Waals surface area contributed by atoms with Gasteiger partial charge in [0.15, 0.2) is 9.84 Å². The highest BCUT2D eigenvalue weighted by atomic mass is 32.2. The highest BCUT2D eigenvalue weighted by molar-refractivity contribution is 7.91. The molecule has 88 valence electrons. The average Bonchev–Trinajstić information content (AvgIpc) is 2.99. The molecule has 16 heavy (non-hydrogen) atoms. The Labute approximate surface area is 96.0 Å². The van der Waals surface area contributed by atoms with E-state index in [2.05, 4.69) is 0 Å². The normalized spacial score (nSPS) is 18.3. The quantitative estimate of drug-likeness (QED) is 0.874. The Morgan fingerprint density at radius 1 is 1.25 bits per heavy atom. The zero-order valence-electron chi connectivity index (χ0n) is 9.31. The molecule has 0 bridgehead atoms. The Morgan fingerprint density at radius 2 is 1.81 bits per heavy atom. The van der Waals surface area contributed by atoms with Gasteiger partial charge < -0.3 is 5.11 Å². The van der Waals surface area contributed by atoms with Crippen molar-refractivity contribution in [3.63, 3.8) is 0 Å². The number of rotatable bonds is 4. The predicted octanol–water partition coefficient (Wildman–Crippen LogP) is 1.86. The second-order valence-electron chi connectivity index (χ2n) is 4.50. The van der Waals surface area contributed by atoms with Crippen molar-refractivity contribution in [2.75, 3.05) is 11.5 Å². The smallest absolute Gasteiger partial charge is 0.150 e. The van der Waals surface area contributed by atoms with E-state index in [0.717, 1.165) is 18.4 Å². The highest BCUT2D eigenvalue weighted by Gasteiger charge is 2.47. The second kappa shape index (κ2) is 3.77. The van der Waals surface area contributed by atoms with Gasteiger partial charge in [-0.1, -0.05) is 19.1 Å². The first-order chi connectivity index (χ1) is 7.47. The summed E-state index contributed by atoms with van der Waals surface area (Å²) < 4.78 is 23.3. The summed E-state index contributed by atoms with van der Waals surface area (Å²) in [5.74, 6) is 0.659. The van der Waals surface area contributed by atoms with Gasteiger partial charge in [0.2, 0.25) is 0 Å². The third kappa shape index (κ3) is 2.21. The molecule has 1 aliphatic rings. The molecule has 1 fully saturated rings. The fourth-order valence-electron chi connectivity index (χ4n) is 2.01.